The van der Waals surface area contributed by atoms with Gasteiger partial charge in [-0.3, -0.25) is 0 Å². The van der Waals surface area contributed by atoms with E-state index in [2.05, 4.69) is 6.92 Å². The first kappa shape index (κ1) is 9.10. The molecule has 1 radical (unpaired) electrons. The summed E-state index contributed by atoms with van der Waals surface area (Å²) >= 11 is 0. The predicted molar refractivity (Wildman–Crippen MR) is 36.4 cm³/mol. The smallest absolute Gasteiger partial charge is 0.390 e. The van der Waals surface area contributed by atoms with E-state index in [9.17, 15) is 0 Å². The summed E-state index contributed by atoms with van der Waals surface area (Å²) in [5.74, 6) is 0. The Labute approximate surface area is 56.3 Å². The predicted octanol–water partition coefficient (Wildman–Crippen LogP) is -0.0934. The van der Waals surface area contributed by atoms with E-state index in [4.69, 9.17) is 14.4 Å². The Hall–Kier alpha value is 0.0969. The van der Waals surface area contributed by atoms with Gasteiger partial charge in [0.2, 0.25) is 0 Å². The third-order valence-electron chi connectivity index (χ3n) is 1.53. The molecular formula is C5H13O3Si. The van der Waals surface area contributed by atoms with E-state index in [1.165, 1.54) is 0 Å². The molecule has 0 unspecified atom stereocenters. The molecule has 0 aromatic carbocycles. The van der Waals surface area contributed by atoms with Crippen LogP contribution >= 0.6 is 0 Å². The van der Waals surface area contributed by atoms with Gasteiger partial charge >= 0.3 is 8.80 Å². The van der Waals surface area contributed by atoms with Crippen LogP contribution in [0.25, 0.3) is 0 Å². The Balaban J connectivity index is 4.14. The molecule has 9 heavy (non-hydrogen) atoms. The van der Waals surface area contributed by atoms with Crippen LogP contribution in [0, 0.1) is 6.92 Å². The van der Waals surface area contributed by atoms with Gasteiger partial charge in [0.25, 0.3) is 0 Å². The molecule has 4 heteroatoms. The van der Waals surface area contributed by atoms with Gasteiger partial charge in [0.05, 0.1) is 0 Å². The van der Waals surface area contributed by atoms with Crippen LogP contribution in [-0.2, 0) is 0 Å². The monoisotopic (exact) mass is 149 g/mol. The first-order chi connectivity index (χ1) is 3.81. The highest BCUT2D eigenvalue weighted by molar-refractivity contribution is 6.59. The van der Waals surface area contributed by atoms with Gasteiger partial charge < -0.3 is 14.4 Å². The van der Waals surface area contributed by atoms with Crippen LogP contribution in [0.3, 0.4) is 0 Å². The van der Waals surface area contributed by atoms with E-state index in [0.717, 1.165) is 0 Å². The fourth-order valence-corrected chi connectivity index (χ4v) is 0.503. The Morgan fingerprint density at radius 3 is 1.67 bits per heavy atom. The molecule has 0 heterocycles. The molecule has 0 aromatic rings. The van der Waals surface area contributed by atoms with E-state index in [0.29, 0.717) is 6.42 Å². The minimum absolute atomic E-state index is 0.322. The lowest BCUT2D eigenvalue weighted by Gasteiger charge is -2.27. The molecule has 55 valence electrons. The van der Waals surface area contributed by atoms with Crippen LogP contribution in [0.1, 0.15) is 20.3 Å². The zero-order valence-electron chi connectivity index (χ0n) is 5.76. The van der Waals surface area contributed by atoms with Gasteiger partial charge in [-0.15, -0.1) is 0 Å². The third kappa shape index (κ3) is 2.06. The molecule has 0 saturated carbocycles. The van der Waals surface area contributed by atoms with E-state index in [-0.39, 0.29) is 0 Å². The number of rotatable bonds is 2. The molecule has 0 aliphatic rings. The molecule has 0 aliphatic heterocycles. The Bertz CT molecular complexity index is 94.9. The maximum atomic E-state index is 8.76. The van der Waals surface area contributed by atoms with Crippen molar-refractivity contribution >= 4 is 8.80 Å². The third-order valence-corrected chi connectivity index (χ3v) is 3.60. The second-order valence-electron chi connectivity index (χ2n) is 2.77. The van der Waals surface area contributed by atoms with Gasteiger partial charge in [0.15, 0.2) is 0 Å². The van der Waals surface area contributed by atoms with Crippen molar-refractivity contribution in [2.24, 2.45) is 0 Å². The van der Waals surface area contributed by atoms with Crippen molar-refractivity contribution in [3.8, 4) is 0 Å². The molecule has 0 spiro atoms. The lowest BCUT2D eigenvalue weighted by molar-refractivity contribution is 0.186. The van der Waals surface area contributed by atoms with Gasteiger partial charge in [0.1, 0.15) is 0 Å². The maximum Gasteiger partial charge on any atom is 0.498 e. The zero-order chi connectivity index (χ0) is 7.71. The Morgan fingerprint density at radius 2 is 1.67 bits per heavy atom. The largest absolute Gasteiger partial charge is 0.498 e. The zero-order valence-corrected chi connectivity index (χ0v) is 6.76. The van der Waals surface area contributed by atoms with E-state index < -0.39 is 13.8 Å². The maximum absolute atomic E-state index is 8.76. The minimum atomic E-state index is -3.95. The van der Waals surface area contributed by atoms with Crippen molar-refractivity contribution < 1.29 is 14.4 Å². The van der Waals surface area contributed by atoms with Gasteiger partial charge in [0, 0.05) is 5.04 Å². The molecule has 0 rings (SSSR count). The quantitative estimate of drug-likeness (QED) is 0.481. The first-order valence-corrected chi connectivity index (χ1v) is 4.62. The molecule has 3 nitrogen and oxygen atoms in total. The van der Waals surface area contributed by atoms with Crippen molar-refractivity contribution in [1.29, 1.82) is 0 Å². The molecule has 0 aromatic heterocycles. The molecule has 0 bridgehead atoms. The average molecular weight is 149 g/mol. The first-order valence-electron chi connectivity index (χ1n) is 2.77. The van der Waals surface area contributed by atoms with Crippen molar-refractivity contribution in [1.82, 2.24) is 0 Å². The van der Waals surface area contributed by atoms with Crippen molar-refractivity contribution in [2.75, 3.05) is 0 Å². The average Bonchev–Trinajstić information content (AvgIpc) is 1.64. The van der Waals surface area contributed by atoms with Gasteiger partial charge in [-0.05, 0) is 6.42 Å². The molecule has 3 N–H and O–H groups in total. The summed E-state index contributed by atoms with van der Waals surface area (Å²) in [6, 6.07) is 0. The van der Waals surface area contributed by atoms with E-state index >= 15 is 0 Å². The summed E-state index contributed by atoms with van der Waals surface area (Å²) in [5.41, 5.74) is 0. The van der Waals surface area contributed by atoms with Crippen LogP contribution in [0.5, 0.6) is 0 Å². The Kier molecular flexibility index (Phi) is 2.40. The molecule has 0 aliphatic carbocycles. The fraction of sp³-hybridized carbons (Fsp3) is 0.800. The summed E-state index contributed by atoms with van der Waals surface area (Å²) in [4.78, 5) is 26.3. The van der Waals surface area contributed by atoms with Crippen LogP contribution in [-0.4, -0.2) is 23.2 Å². The molecule has 0 fully saturated rings. The molecule has 0 saturated heterocycles. The normalized spacial score (nSPS) is 14.0. The summed E-state index contributed by atoms with van der Waals surface area (Å²) in [5, 5.41) is -0.826. The van der Waals surface area contributed by atoms with Crippen molar-refractivity contribution in [2.45, 2.75) is 25.3 Å². The van der Waals surface area contributed by atoms with Gasteiger partial charge in [-0.1, -0.05) is 20.8 Å². The highest BCUT2D eigenvalue weighted by Crippen LogP contribution is 2.34. The fourth-order valence-electron chi connectivity index (χ4n) is 0.168. The molecular weight excluding hydrogens is 136 g/mol. The second kappa shape index (κ2) is 2.38. The summed E-state index contributed by atoms with van der Waals surface area (Å²) < 4.78 is 0. The topological polar surface area (TPSA) is 60.7 Å². The van der Waals surface area contributed by atoms with Crippen molar-refractivity contribution in [3.63, 3.8) is 0 Å². The standard InChI is InChI=1S/C5H13O3Si/c1-4-5(2,3)9(6,7)8/h6-8H,1,4H2,2-3H3. The van der Waals surface area contributed by atoms with Crippen molar-refractivity contribution in [3.05, 3.63) is 6.92 Å². The minimum Gasteiger partial charge on any atom is -0.390 e. The number of hydrogen-bond acceptors (Lipinski definition) is 3. The summed E-state index contributed by atoms with van der Waals surface area (Å²) in [6.45, 7) is 6.63. The van der Waals surface area contributed by atoms with E-state index in [1.54, 1.807) is 13.8 Å². The van der Waals surface area contributed by atoms with E-state index in [1.807, 2.05) is 0 Å². The van der Waals surface area contributed by atoms with Crippen LogP contribution < -0.4 is 0 Å². The summed E-state index contributed by atoms with van der Waals surface area (Å²) in [6.07, 6.45) is 0.322. The second-order valence-corrected chi connectivity index (χ2v) is 5.39. The lowest BCUT2D eigenvalue weighted by atomic mass is 10.1. The highest BCUT2D eigenvalue weighted by atomic mass is 28.4. The van der Waals surface area contributed by atoms with Gasteiger partial charge in [-0.2, -0.15) is 0 Å². The summed E-state index contributed by atoms with van der Waals surface area (Å²) in [7, 11) is -3.95. The highest BCUT2D eigenvalue weighted by Gasteiger charge is 2.45. The SMILES string of the molecule is [CH2]CC(C)(C)[Si](O)(O)O. The lowest BCUT2D eigenvalue weighted by Crippen LogP contribution is -2.45. The van der Waals surface area contributed by atoms with Gasteiger partial charge in [-0.25, -0.2) is 0 Å². The van der Waals surface area contributed by atoms with Crippen LogP contribution in [0.4, 0.5) is 0 Å². The molecule has 0 amide bonds. The van der Waals surface area contributed by atoms with Crippen LogP contribution in [0.15, 0.2) is 0 Å². The molecule has 0 atom stereocenters. The Morgan fingerprint density at radius 1 is 1.33 bits per heavy atom. The number of hydrogen-bond donors (Lipinski definition) is 3. The van der Waals surface area contributed by atoms with Crippen LogP contribution in [0.2, 0.25) is 5.04 Å².